The summed E-state index contributed by atoms with van der Waals surface area (Å²) in [6.07, 6.45) is 0.972. The van der Waals surface area contributed by atoms with Crippen molar-refractivity contribution in [2.45, 2.75) is 19.9 Å². The molecule has 3 aromatic rings. The van der Waals surface area contributed by atoms with Gasteiger partial charge in [0.25, 0.3) is 0 Å². The maximum Gasteiger partial charge on any atom is 0.143 e. The van der Waals surface area contributed by atoms with E-state index in [-0.39, 0.29) is 5.82 Å². The van der Waals surface area contributed by atoms with Crippen LogP contribution in [0.15, 0.2) is 36.4 Å². The van der Waals surface area contributed by atoms with Crippen molar-refractivity contribution in [1.29, 1.82) is 0 Å². The molecule has 2 aromatic carbocycles. The van der Waals surface area contributed by atoms with E-state index in [4.69, 9.17) is 5.73 Å². The number of benzene rings is 2. The lowest BCUT2D eigenvalue weighted by Crippen LogP contribution is -2.02. The fourth-order valence-electron chi connectivity index (χ4n) is 2.48. The summed E-state index contributed by atoms with van der Waals surface area (Å²) in [6, 6.07) is 10.6. The van der Waals surface area contributed by atoms with E-state index < -0.39 is 0 Å². The zero-order valence-corrected chi connectivity index (χ0v) is 13.8. The van der Waals surface area contributed by atoms with Gasteiger partial charge < -0.3 is 10.3 Å². The molecule has 0 aliphatic rings. The minimum atomic E-state index is -0.272. The highest BCUT2D eigenvalue weighted by atomic mass is 127. The molecular formula is C16H15FIN3. The van der Waals surface area contributed by atoms with E-state index in [1.807, 2.05) is 18.2 Å². The average molecular weight is 395 g/mol. The molecule has 0 saturated carbocycles. The Morgan fingerprint density at radius 1 is 1.24 bits per heavy atom. The molecule has 1 heterocycles. The van der Waals surface area contributed by atoms with Crippen LogP contribution in [0.2, 0.25) is 0 Å². The molecule has 0 saturated heterocycles. The largest absolute Gasteiger partial charge is 0.398 e. The molecule has 2 N–H and O–H groups in total. The quantitative estimate of drug-likeness (QED) is 0.527. The summed E-state index contributed by atoms with van der Waals surface area (Å²) in [5.74, 6) is 0.527. The molecule has 0 amide bonds. The van der Waals surface area contributed by atoms with Crippen LogP contribution < -0.4 is 5.73 Å². The number of imidazole rings is 1. The SMILES string of the molecule is CCCn1c(-c2cc(I)ccc2N)nc2cc(F)ccc21. The van der Waals surface area contributed by atoms with Crippen molar-refractivity contribution >= 4 is 39.3 Å². The Labute approximate surface area is 136 Å². The van der Waals surface area contributed by atoms with Gasteiger partial charge in [-0.25, -0.2) is 9.37 Å². The minimum absolute atomic E-state index is 0.272. The third-order valence-corrected chi connectivity index (χ3v) is 4.08. The molecule has 5 heteroatoms. The second kappa shape index (κ2) is 5.63. The lowest BCUT2D eigenvalue weighted by Gasteiger charge is -2.10. The molecule has 3 nitrogen and oxygen atoms in total. The standard InChI is InChI=1S/C16H15FIN3/c1-2-7-21-15-6-3-10(17)8-14(15)20-16(21)12-9-11(18)4-5-13(12)19/h3-6,8-9H,2,7,19H2,1H3. The van der Waals surface area contributed by atoms with Gasteiger partial charge in [-0.05, 0) is 59.3 Å². The van der Waals surface area contributed by atoms with E-state index >= 15 is 0 Å². The summed E-state index contributed by atoms with van der Waals surface area (Å²) < 4.78 is 16.6. The number of hydrogen-bond acceptors (Lipinski definition) is 2. The molecule has 21 heavy (non-hydrogen) atoms. The Balaban J connectivity index is 2.30. The molecule has 0 unspecified atom stereocenters. The van der Waals surface area contributed by atoms with E-state index in [2.05, 4.69) is 39.1 Å². The molecule has 0 spiro atoms. The summed E-state index contributed by atoms with van der Waals surface area (Å²) in [5, 5.41) is 0. The third kappa shape index (κ3) is 2.62. The number of hydrogen-bond donors (Lipinski definition) is 1. The van der Waals surface area contributed by atoms with Crippen molar-refractivity contribution in [3.05, 3.63) is 45.8 Å². The van der Waals surface area contributed by atoms with Gasteiger partial charge in [-0.15, -0.1) is 0 Å². The van der Waals surface area contributed by atoms with Crippen LogP contribution in [0.4, 0.5) is 10.1 Å². The first kappa shape index (κ1) is 14.3. The van der Waals surface area contributed by atoms with E-state index in [0.29, 0.717) is 11.2 Å². The number of anilines is 1. The van der Waals surface area contributed by atoms with Gasteiger partial charge in [0.05, 0.1) is 11.0 Å². The first-order chi connectivity index (χ1) is 10.1. The van der Waals surface area contributed by atoms with E-state index in [0.717, 1.165) is 33.4 Å². The molecule has 0 bridgehead atoms. The second-order valence-corrected chi connectivity index (χ2v) is 6.20. The zero-order valence-electron chi connectivity index (χ0n) is 11.6. The Morgan fingerprint density at radius 2 is 2.05 bits per heavy atom. The van der Waals surface area contributed by atoms with Crippen LogP contribution in [0.25, 0.3) is 22.4 Å². The highest BCUT2D eigenvalue weighted by Crippen LogP contribution is 2.30. The first-order valence-corrected chi connectivity index (χ1v) is 7.89. The summed E-state index contributed by atoms with van der Waals surface area (Å²) in [4.78, 5) is 4.60. The van der Waals surface area contributed by atoms with Gasteiger partial charge in [0.1, 0.15) is 11.6 Å². The van der Waals surface area contributed by atoms with Gasteiger partial charge in [0.2, 0.25) is 0 Å². The maximum atomic E-state index is 13.4. The first-order valence-electron chi connectivity index (χ1n) is 6.81. The predicted octanol–water partition coefficient (Wildman–Crippen LogP) is 4.44. The molecule has 0 aliphatic carbocycles. The minimum Gasteiger partial charge on any atom is -0.398 e. The molecule has 1 aromatic heterocycles. The smallest absolute Gasteiger partial charge is 0.143 e. The van der Waals surface area contributed by atoms with Crippen molar-refractivity contribution < 1.29 is 4.39 Å². The number of nitrogens with two attached hydrogens (primary N) is 1. The lowest BCUT2D eigenvalue weighted by atomic mass is 10.1. The Hall–Kier alpha value is -1.63. The van der Waals surface area contributed by atoms with Gasteiger partial charge >= 0.3 is 0 Å². The maximum absolute atomic E-state index is 13.4. The fourth-order valence-corrected chi connectivity index (χ4v) is 2.97. The van der Waals surface area contributed by atoms with E-state index in [1.54, 1.807) is 6.07 Å². The molecule has 0 atom stereocenters. The highest BCUT2D eigenvalue weighted by Gasteiger charge is 2.15. The van der Waals surface area contributed by atoms with Crippen LogP contribution in [-0.2, 0) is 6.54 Å². The third-order valence-electron chi connectivity index (χ3n) is 3.41. The Morgan fingerprint density at radius 3 is 2.81 bits per heavy atom. The van der Waals surface area contributed by atoms with Crippen molar-refractivity contribution in [3.63, 3.8) is 0 Å². The van der Waals surface area contributed by atoms with Crippen molar-refractivity contribution in [2.75, 3.05) is 5.73 Å². The van der Waals surface area contributed by atoms with Crippen molar-refractivity contribution in [3.8, 4) is 11.4 Å². The fraction of sp³-hybridized carbons (Fsp3) is 0.188. The van der Waals surface area contributed by atoms with Crippen LogP contribution in [0.1, 0.15) is 13.3 Å². The van der Waals surface area contributed by atoms with Gasteiger partial charge in [-0.3, -0.25) is 0 Å². The van der Waals surface area contributed by atoms with Crippen LogP contribution in [0.5, 0.6) is 0 Å². The number of nitrogen functional groups attached to an aromatic ring is 1. The molecule has 0 fully saturated rings. The number of aryl methyl sites for hydroxylation is 1. The van der Waals surface area contributed by atoms with Gasteiger partial charge in [0.15, 0.2) is 0 Å². The second-order valence-electron chi connectivity index (χ2n) is 4.95. The topological polar surface area (TPSA) is 43.8 Å². The van der Waals surface area contributed by atoms with Gasteiger partial charge in [0, 0.05) is 27.4 Å². The van der Waals surface area contributed by atoms with Crippen molar-refractivity contribution in [2.24, 2.45) is 0 Å². The Bertz CT molecular complexity index is 811. The Kier molecular flexibility index (Phi) is 3.84. The van der Waals surface area contributed by atoms with Crippen LogP contribution in [-0.4, -0.2) is 9.55 Å². The van der Waals surface area contributed by atoms with Crippen LogP contribution in [0, 0.1) is 9.39 Å². The molecule has 108 valence electrons. The number of rotatable bonds is 3. The number of aromatic nitrogens is 2. The van der Waals surface area contributed by atoms with Crippen molar-refractivity contribution in [1.82, 2.24) is 9.55 Å². The summed E-state index contributed by atoms with van der Waals surface area (Å²) in [5.41, 5.74) is 9.29. The highest BCUT2D eigenvalue weighted by molar-refractivity contribution is 14.1. The summed E-state index contributed by atoms with van der Waals surface area (Å²) in [6.45, 7) is 2.93. The van der Waals surface area contributed by atoms with E-state index in [1.165, 1.54) is 12.1 Å². The number of fused-ring (bicyclic) bond motifs is 1. The predicted molar refractivity (Wildman–Crippen MR) is 92.5 cm³/mol. The average Bonchev–Trinajstić information content (AvgIpc) is 2.80. The molecule has 3 rings (SSSR count). The molecular weight excluding hydrogens is 380 g/mol. The molecule has 0 aliphatic heterocycles. The van der Waals surface area contributed by atoms with Crippen LogP contribution >= 0.6 is 22.6 Å². The normalized spacial score (nSPS) is 11.2. The monoisotopic (exact) mass is 395 g/mol. The summed E-state index contributed by atoms with van der Waals surface area (Å²) >= 11 is 2.25. The number of halogens is 2. The van der Waals surface area contributed by atoms with Gasteiger partial charge in [-0.1, -0.05) is 6.92 Å². The zero-order chi connectivity index (χ0) is 15.0. The van der Waals surface area contributed by atoms with E-state index in [9.17, 15) is 4.39 Å². The van der Waals surface area contributed by atoms with Gasteiger partial charge in [-0.2, -0.15) is 0 Å². The lowest BCUT2D eigenvalue weighted by molar-refractivity contribution is 0.629. The molecule has 0 radical (unpaired) electrons. The summed E-state index contributed by atoms with van der Waals surface area (Å²) in [7, 11) is 0. The van der Waals surface area contributed by atoms with Crippen LogP contribution in [0.3, 0.4) is 0 Å². The number of nitrogens with zero attached hydrogens (tertiary/aromatic N) is 2.